The third kappa shape index (κ3) is 4.61. The van der Waals surface area contributed by atoms with E-state index in [2.05, 4.69) is 25.6 Å². The molecule has 1 aromatic carbocycles. The molecule has 5 rings (SSSR count). The molecule has 2 amide bonds. The number of nitrogens with zero attached hydrogens (tertiary/aromatic N) is 4. The van der Waals surface area contributed by atoms with Crippen molar-refractivity contribution in [2.45, 2.75) is 45.6 Å². The molecule has 1 spiro atoms. The van der Waals surface area contributed by atoms with E-state index in [-0.39, 0.29) is 11.3 Å². The second-order valence-electron chi connectivity index (χ2n) is 10.6. The van der Waals surface area contributed by atoms with Crippen molar-refractivity contribution >= 4 is 34.8 Å². The Balaban J connectivity index is 1.47. The molecule has 11 nitrogen and oxygen atoms in total. The number of aromatic nitrogens is 3. The summed E-state index contributed by atoms with van der Waals surface area (Å²) in [6.45, 7) is 7.65. The predicted octanol–water partition coefficient (Wildman–Crippen LogP) is 3.44. The Labute approximate surface area is 215 Å². The van der Waals surface area contributed by atoms with Gasteiger partial charge in [-0.05, 0) is 63.8 Å². The lowest BCUT2D eigenvalue weighted by atomic mass is 9.77. The number of benzene rings is 1. The number of hydrogen-bond acceptors (Lipinski definition) is 8. The molecule has 11 heteroatoms. The molecule has 4 N–H and O–H groups in total. The van der Waals surface area contributed by atoms with Crippen LogP contribution in [0.1, 0.15) is 40.0 Å². The fraction of sp³-hybridized carbons (Fsp3) is 0.462. The van der Waals surface area contributed by atoms with E-state index in [9.17, 15) is 9.59 Å². The standard InChI is InChI=1S/C26H33N7O4/c1-25(2,3)37-24(35)31-18-6-5-16(13-19(18)36-4)17-14-20(33-21(17)22(27)29-15-30-33)32-11-8-26(9-12-32)7-10-28-23(26)34/h5-6,13-15H,7-12H2,1-4H3,(H,28,34)(H,31,35)(H2,27,29,30). The zero-order chi connectivity index (χ0) is 26.4. The average Bonchev–Trinajstić information content (AvgIpc) is 3.40. The number of carbonyl (C=O) groups excluding carboxylic acids is 2. The van der Waals surface area contributed by atoms with E-state index in [1.807, 2.05) is 22.7 Å². The molecular weight excluding hydrogens is 474 g/mol. The molecule has 0 radical (unpaired) electrons. The summed E-state index contributed by atoms with van der Waals surface area (Å²) in [5, 5.41) is 10.2. The number of carbonyl (C=O) groups is 2. The SMILES string of the molecule is COc1cc(-c2cc(N3CCC4(CCNC4=O)CC3)n3ncnc(N)c23)ccc1NC(=O)OC(C)(C)C. The van der Waals surface area contributed by atoms with Gasteiger partial charge < -0.3 is 25.4 Å². The van der Waals surface area contributed by atoms with Crippen LogP contribution in [-0.2, 0) is 9.53 Å². The molecular formula is C26H33N7O4. The topological polar surface area (TPSA) is 136 Å². The number of amides is 2. The first-order chi connectivity index (χ1) is 17.6. The first kappa shape index (κ1) is 24.7. The smallest absolute Gasteiger partial charge is 0.412 e. The van der Waals surface area contributed by atoms with Gasteiger partial charge in [0.2, 0.25) is 5.91 Å². The number of nitrogen functional groups attached to an aromatic ring is 1. The van der Waals surface area contributed by atoms with E-state index in [4.69, 9.17) is 15.2 Å². The number of nitrogens with one attached hydrogen (secondary N) is 2. The summed E-state index contributed by atoms with van der Waals surface area (Å²) in [5.41, 5.74) is 8.30. The van der Waals surface area contributed by atoms with E-state index in [0.717, 1.165) is 55.8 Å². The van der Waals surface area contributed by atoms with Crippen LogP contribution in [0.4, 0.5) is 22.1 Å². The number of nitrogens with two attached hydrogens (primary N) is 1. The van der Waals surface area contributed by atoms with Crippen molar-refractivity contribution in [2.75, 3.05) is 42.7 Å². The van der Waals surface area contributed by atoms with Gasteiger partial charge in [-0.25, -0.2) is 14.3 Å². The minimum Gasteiger partial charge on any atom is -0.495 e. The van der Waals surface area contributed by atoms with Crippen molar-refractivity contribution in [2.24, 2.45) is 5.41 Å². The third-order valence-corrected chi connectivity index (χ3v) is 7.13. The van der Waals surface area contributed by atoms with E-state index < -0.39 is 11.7 Å². The molecule has 196 valence electrons. The lowest BCUT2D eigenvalue weighted by Crippen LogP contribution is -2.44. The maximum atomic E-state index is 12.4. The lowest BCUT2D eigenvalue weighted by Gasteiger charge is -2.38. The third-order valence-electron chi connectivity index (χ3n) is 7.13. The van der Waals surface area contributed by atoms with Crippen molar-refractivity contribution in [3.63, 3.8) is 0 Å². The van der Waals surface area contributed by atoms with E-state index in [1.54, 1.807) is 33.9 Å². The molecule has 0 bridgehead atoms. The van der Waals surface area contributed by atoms with Crippen molar-refractivity contribution in [3.05, 3.63) is 30.6 Å². The molecule has 2 aliphatic rings. The van der Waals surface area contributed by atoms with Gasteiger partial charge in [0.25, 0.3) is 0 Å². The van der Waals surface area contributed by atoms with Gasteiger partial charge in [0.05, 0.1) is 18.2 Å². The highest BCUT2D eigenvalue weighted by atomic mass is 16.6. The fourth-order valence-electron chi connectivity index (χ4n) is 5.23. The summed E-state index contributed by atoms with van der Waals surface area (Å²) in [6, 6.07) is 7.54. The second-order valence-corrected chi connectivity index (χ2v) is 10.6. The quantitative estimate of drug-likeness (QED) is 0.489. The largest absolute Gasteiger partial charge is 0.495 e. The Morgan fingerprint density at radius 2 is 1.95 bits per heavy atom. The minimum atomic E-state index is -0.619. The number of rotatable bonds is 4. The van der Waals surface area contributed by atoms with Crippen molar-refractivity contribution in [1.29, 1.82) is 0 Å². The molecule has 0 unspecified atom stereocenters. The number of ether oxygens (including phenoxy) is 2. The van der Waals surface area contributed by atoms with Crippen LogP contribution >= 0.6 is 0 Å². The molecule has 0 saturated carbocycles. The number of anilines is 3. The first-order valence-corrected chi connectivity index (χ1v) is 12.4. The average molecular weight is 508 g/mol. The van der Waals surface area contributed by atoms with Gasteiger partial charge in [-0.15, -0.1) is 0 Å². The number of methoxy groups -OCH3 is 1. The van der Waals surface area contributed by atoms with Crippen LogP contribution in [0.25, 0.3) is 16.6 Å². The lowest BCUT2D eigenvalue weighted by molar-refractivity contribution is -0.128. The highest BCUT2D eigenvalue weighted by Gasteiger charge is 2.44. The van der Waals surface area contributed by atoms with Crippen molar-refractivity contribution in [1.82, 2.24) is 19.9 Å². The maximum absolute atomic E-state index is 12.4. The Morgan fingerprint density at radius 3 is 2.59 bits per heavy atom. The Hall–Kier alpha value is -4.02. The van der Waals surface area contributed by atoms with Crippen LogP contribution < -0.4 is 26.0 Å². The van der Waals surface area contributed by atoms with Gasteiger partial charge in [-0.2, -0.15) is 5.10 Å². The Kier molecular flexibility index (Phi) is 6.09. The summed E-state index contributed by atoms with van der Waals surface area (Å²) >= 11 is 0. The van der Waals surface area contributed by atoms with Gasteiger partial charge in [0.15, 0.2) is 5.82 Å². The number of piperidine rings is 1. The summed E-state index contributed by atoms with van der Waals surface area (Å²) < 4.78 is 12.8. The molecule has 3 aromatic rings. The molecule has 2 aromatic heterocycles. The van der Waals surface area contributed by atoms with Crippen molar-refractivity contribution in [3.8, 4) is 16.9 Å². The zero-order valence-corrected chi connectivity index (χ0v) is 21.6. The van der Waals surface area contributed by atoms with Gasteiger partial charge in [-0.1, -0.05) is 6.07 Å². The van der Waals surface area contributed by atoms with Crippen LogP contribution in [-0.4, -0.2) is 58.9 Å². The van der Waals surface area contributed by atoms with Crippen LogP contribution in [0.15, 0.2) is 30.6 Å². The van der Waals surface area contributed by atoms with Crippen LogP contribution in [0.5, 0.6) is 5.75 Å². The summed E-state index contributed by atoms with van der Waals surface area (Å²) in [7, 11) is 1.54. The molecule has 37 heavy (non-hydrogen) atoms. The number of hydrogen-bond donors (Lipinski definition) is 3. The molecule has 0 aliphatic carbocycles. The minimum absolute atomic E-state index is 0.173. The molecule has 4 heterocycles. The summed E-state index contributed by atoms with van der Waals surface area (Å²) in [4.78, 5) is 31.2. The normalized spacial score (nSPS) is 17.2. The van der Waals surface area contributed by atoms with E-state index in [0.29, 0.717) is 22.8 Å². The van der Waals surface area contributed by atoms with E-state index in [1.165, 1.54) is 6.33 Å². The molecule has 2 aliphatic heterocycles. The highest BCUT2D eigenvalue weighted by Crippen LogP contribution is 2.42. The highest BCUT2D eigenvalue weighted by molar-refractivity contribution is 5.93. The number of fused-ring (bicyclic) bond motifs is 1. The summed E-state index contributed by atoms with van der Waals surface area (Å²) in [6.07, 6.45) is 3.35. The summed E-state index contributed by atoms with van der Waals surface area (Å²) in [5.74, 6) is 1.90. The molecule has 0 atom stereocenters. The van der Waals surface area contributed by atoms with Crippen LogP contribution in [0.3, 0.4) is 0 Å². The predicted molar refractivity (Wildman–Crippen MR) is 141 cm³/mol. The first-order valence-electron chi connectivity index (χ1n) is 12.4. The van der Waals surface area contributed by atoms with Gasteiger partial charge >= 0.3 is 6.09 Å². The Morgan fingerprint density at radius 1 is 1.19 bits per heavy atom. The fourth-order valence-corrected chi connectivity index (χ4v) is 5.23. The maximum Gasteiger partial charge on any atom is 0.412 e. The Bertz CT molecular complexity index is 1350. The second kappa shape index (κ2) is 9.13. The van der Waals surface area contributed by atoms with Crippen molar-refractivity contribution < 1.29 is 19.1 Å². The van der Waals surface area contributed by atoms with Gasteiger partial charge in [0.1, 0.15) is 29.0 Å². The van der Waals surface area contributed by atoms with Gasteiger partial charge in [-0.3, -0.25) is 10.1 Å². The molecule has 2 fully saturated rings. The molecule has 2 saturated heterocycles. The zero-order valence-electron chi connectivity index (χ0n) is 21.6. The van der Waals surface area contributed by atoms with E-state index >= 15 is 0 Å². The van der Waals surface area contributed by atoms with Crippen LogP contribution in [0, 0.1) is 5.41 Å². The monoisotopic (exact) mass is 507 g/mol. The van der Waals surface area contributed by atoms with Crippen LogP contribution in [0.2, 0.25) is 0 Å². The van der Waals surface area contributed by atoms with Gasteiger partial charge in [0, 0.05) is 25.2 Å².